The van der Waals surface area contributed by atoms with Crippen molar-refractivity contribution in [3.8, 4) is 0 Å². The average Bonchev–Trinajstić information content (AvgIpc) is 2.86. The molecule has 0 bridgehead atoms. The number of likely N-dealkylation sites (N-methyl/N-ethyl adjacent to an activating group) is 1. The Bertz CT molecular complexity index is 429. The predicted molar refractivity (Wildman–Crippen MR) is 86.3 cm³/mol. The van der Waals surface area contributed by atoms with Crippen LogP contribution in [0.2, 0.25) is 0 Å². The summed E-state index contributed by atoms with van der Waals surface area (Å²) >= 11 is 2.00. The molecule has 19 heavy (non-hydrogen) atoms. The van der Waals surface area contributed by atoms with E-state index in [4.69, 9.17) is 0 Å². The van der Waals surface area contributed by atoms with Gasteiger partial charge in [0.2, 0.25) is 0 Å². The van der Waals surface area contributed by atoms with Crippen molar-refractivity contribution in [3.63, 3.8) is 0 Å². The van der Waals surface area contributed by atoms with Gasteiger partial charge in [-0.3, -0.25) is 0 Å². The second kappa shape index (κ2) is 6.32. The summed E-state index contributed by atoms with van der Waals surface area (Å²) in [5, 5.41) is 3.63. The SMILES string of the molecule is CCCC(C)(c1ccc2c(c1)CCS2)C(C)NCC. The van der Waals surface area contributed by atoms with Crippen LogP contribution in [0, 0.1) is 0 Å². The van der Waals surface area contributed by atoms with Gasteiger partial charge in [0.05, 0.1) is 0 Å². The van der Waals surface area contributed by atoms with E-state index in [9.17, 15) is 0 Å². The monoisotopic (exact) mass is 277 g/mol. The van der Waals surface area contributed by atoms with E-state index >= 15 is 0 Å². The van der Waals surface area contributed by atoms with Crippen molar-refractivity contribution >= 4 is 11.8 Å². The molecule has 1 aromatic carbocycles. The van der Waals surface area contributed by atoms with E-state index in [1.54, 1.807) is 5.56 Å². The third-order valence-electron chi connectivity index (χ3n) is 4.58. The Kier molecular flexibility index (Phi) is 4.97. The lowest BCUT2D eigenvalue weighted by molar-refractivity contribution is 0.314. The maximum absolute atomic E-state index is 3.63. The van der Waals surface area contributed by atoms with Gasteiger partial charge >= 0.3 is 0 Å². The summed E-state index contributed by atoms with van der Waals surface area (Å²) in [5.74, 6) is 1.26. The van der Waals surface area contributed by atoms with E-state index in [1.807, 2.05) is 11.8 Å². The highest BCUT2D eigenvalue weighted by molar-refractivity contribution is 7.99. The quantitative estimate of drug-likeness (QED) is 0.827. The number of hydrogen-bond donors (Lipinski definition) is 1. The molecule has 2 unspecified atom stereocenters. The van der Waals surface area contributed by atoms with Crippen molar-refractivity contribution in [2.75, 3.05) is 12.3 Å². The van der Waals surface area contributed by atoms with Crippen molar-refractivity contribution in [2.45, 2.75) is 63.3 Å². The van der Waals surface area contributed by atoms with Gasteiger partial charge in [-0.2, -0.15) is 0 Å². The molecule has 0 aromatic heterocycles. The van der Waals surface area contributed by atoms with Crippen LogP contribution < -0.4 is 5.32 Å². The van der Waals surface area contributed by atoms with Gasteiger partial charge in [-0.05, 0) is 43.5 Å². The van der Waals surface area contributed by atoms with Crippen LogP contribution in [0.3, 0.4) is 0 Å². The minimum atomic E-state index is 0.243. The maximum Gasteiger partial charge on any atom is 0.0133 e. The van der Waals surface area contributed by atoms with Gasteiger partial charge in [-0.25, -0.2) is 0 Å². The Morgan fingerprint density at radius 3 is 2.84 bits per heavy atom. The lowest BCUT2D eigenvalue weighted by atomic mass is 9.73. The van der Waals surface area contributed by atoms with Crippen LogP contribution >= 0.6 is 11.8 Å². The fourth-order valence-corrected chi connectivity index (χ4v) is 4.26. The smallest absolute Gasteiger partial charge is 0.0133 e. The fraction of sp³-hybridized carbons (Fsp3) is 0.647. The van der Waals surface area contributed by atoms with Crippen LogP contribution in [0.25, 0.3) is 0 Å². The van der Waals surface area contributed by atoms with E-state index < -0.39 is 0 Å². The van der Waals surface area contributed by atoms with E-state index in [0.29, 0.717) is 6.04 Å². The minimum absolute atomic E-state index is 0.243. The Morgan fingerprint density at radius 2 is 2.16 bits per heavy atom. The lowest BCUT2D eigenvalue weighted by Gasteiger charge is -2.37. The molecule has 106 valence electrons. The molecule has 0 saturated heterocycles. The van der Waals surface area contributed by atoms with Crippen LogP contribution in [0.4, 0.5) is 0 Å². The number of fused-ring (bicyclic) bond motifs is 1. The Balaban J connectivity index is 2.32. The van der Waals surface area contributed by atoms with Gasteiger partial charge < -0.3 is 5.32 Å². The Hall–Kier alpha value is -0.470. The van der Waals surface area contributed by atoms with Crippen molar-refractivity contribution in [2.24, 2.45) is 0 Å². The van der Waals surface area contributed by atoms with Crippen LogP contribution in [0.15, 0.2) is 23.1 Å². The Morgan fingerprint density at radius 1 is 1.37 bits per heavy atom. The summed E-state index contributed by atoms with van der Waals surface area (Å²) in [4.78, 5) is 1.50. The number of aryl methyl sites for hydroxylation is 1. The van der Waals surface area contributed by atoms with Crippen molar-refractivity contribution < 1.29 is 0 Å². The van der Waals surface area contributed by atoms with Gasteiger partial charge in [0.15, 0.2) is 0 Å². The average molecular weight is 277 g/mol. The van der Waals surface area contributed by atoms with E-state index in [2.05, 4.69) is 51.2 Å². The second-order valence-corrected chi connectivity index (χ2v) is 7.00. The van der Waals surface area contributed by atoms with Crippen LogP contribution in [0.1, 0.15) is 51.7 Å². The maximum atomic E-state index is 3.63. The number of rotatable bonds is 6. The summed E-state index contributed by atoms with van der Waals surface area (Å²) in [6.45, 7) is 10.3. The third-order valence-corrected chi connectivity index (χ3v) is 5.70. The first-order valence-electron chi connectivity index (χ1n) is 7.61. The summed E-state index contributed by atoms with van der Waals surface area (Å²) < 4.78 is 0. The normalized spacial score (nSPS) is 18.9. The summed E-state index contributed by atoms with van der Waals surface area (Å²) in [6.07, 6.45) is 3.72. The summed E-state index contributed by atoms with van der Waals surface area (Å²) in [6, 6.07) is 7.69. The van der Waals surface area contributed by atoms with Gasteiger partial charge in [-0.15, -0.1) is 11.8 Å². The van der Waals surface area contributed by atoms with Gasteiger partial charge in [0.25, 0.3) is 0 Å². The van der Waals surface area contributed by atoms with Crippen molar-refractivity contribution in [1.82, 2.24) is 5.32 Å². The number of hydrogen-bond acceptors (Lipinski definition) is 2. The van der Waals surface area contributed by atoms with E-state index in [0.717, 1.165) is 6.54 Å². The van der Waals surface area contributed by atoms with Gasteiger partial charge in [-0.1, -0.05) is 39.3 Å². The molecule has 2 atom stereocenters. The summed E-state index contributed by atoms with van der Waals surface area (Å²) in [7, 11) is 0. The zero-order valence-electron chi connectivity index (χ0n) is 12.8. The van der Waals surface area contributed by atoms with Gasteiger partial charge in [0, 0.05) is 22.1 Å². The molecular weight excluding hydrogens is 250 g/mol. The molecule has 2 rings (SSSR count). The minimum Gasteiger partial charge on any atom is -0.314 e. The molecule has 1 aromatic rings. The molecular formula is C17H27NS. The first-order chi connectivity index (χ1) is 9.11. The highest BCUT2D eigenvalue weighted by Gasteiger charge is 2.32. The standard InChI is InChI=1S/C17H27NS/c1-5-10-17(4,13(3)18-6-2)15-7-8-16-14(12-15)9-11-19-16/h7-8,12-13,18H,5-6,9-11H2,1-4H3. The molecule has 0 radical (unpaired) electrons. The van der Waals surface area contributed by atoms with Gasteiger partial charge in [0.1, 0.15) is 0 Å². The molecule has 1 nitrogen and oxygen atoms in total. The van der Waals surface area contributed by atoms with Crippen molar-refractivity contribution in [3.05, 3.63) is 29.3 Å². The highest BCUT2D eigenvalue weighted by Crippen LogP contribution is 2.38. The third kappa shape index (κ3) is 3.00. The summed E-state index contributed by atoms with van der Waals surface area (Å²) in [5.41, 5.74) is 3.32. The highest BCUT2D eigenvalue weighted by atomic mass is 32.2. The number of benzene rings is 1. The van der Waals surface area contributed by atoms with Crippen LogP contribution in [0.5, 0.6) is 0 Å². The fourth-order valence-electron chi connectivity index (χ4n) is 3.20. The largest absolute Gasteiger partial charge is 0.314 e. The molecule has 1 aliphatic rings. The van der Waals surface area contributed by atoms with Crippen LogP contribution in [-0.4, -0.2) is 18.3 Å². The van der Waals surface area contributed by atoms with Crippen LogP contribution in [-0.2, 0) is 11.8 Å². The first kappa shape index (κ1) is 14.9. The van der Waals surface area contributed by atoms with E-state index in [-0.39, 0.29) is 5.41 Å². The molecule has 0 spiro atoms. The molecule has 2 heteroatoms. The zero-order valence-corrected chi connectivity index (χ0v) is 13.6. The molecule has 0 fully saturated rings. The number of thioether (sulfide) groups is 1. The molecule has 1 heterocycles. The topological polar surface area (TPSA) is 12.0 Å². The van der Waals surface area contributed by atoms with E-state index in [1.165, 1.54) is 35.5 Å². The first-order valence-corrected chi connectivity index (χ1v) is 8.60. The molecule has 1 N–H and O–H groups in total. The Labute approximate surface area is 122 Å². The van der Waals surface area contributed by atoms with Crippen molar-refractivity contribution in [1.29, 1.82) is 0 Å². The zero-order chi connectivity index (χ0) is 13.9. The molecule has 0 saturated carbocycles. The molecule has 0 aliphatic carbocycles. The molecule has 0 amide bonds. The predicted octanol–water partition coefficient (Wildman–Crippen LogP) is 4.39. The molecule has 1 aliphatic heterocycles. The lowest BCUT2D eigenvalue weighted by Crippen LogP contribution is -2.44. The number of nitrogens with one attached hydrogen (secondary N) is 1. The second-order valence-electron chi connectivity index (χ2n) is 5.87.